The largest absolute Gasteiger partial charge is 0.478 e. The van der Waals surface area contributed by atoms with Gasteiger partial charge >= 0.3 is 5.97 Å². The minimum absolute atomic E-state index is 0.281. The molecule has 0 aliphatic carbocycles. The zero-order chi connectivity index (χ0) is 14.9. The molecule has 2 rings (SSSR count). The Kier molecular flexibility index (Phi) is 4.11. The minimum atomic E-state index is -1.42. The van der Waals surface area contributed by atoms with Crippen LogP contribution in [0.25, 0.3) is 0 Å². The Morgan fingerprint density at radius 2 is 1.50 bits per heavy atom. The van der Waals surface area contributed by atoms with Crippen LogP contribution < -0.4 is 5.32 Å². The van der Waals surface area contributed by atoms with Crippen LogP contribution in [0.5, 0.6) is 0 Å². The molecule has 0 heterocycles. The Hall–Kier alpha value is -1.85. The van der Waals surface area contributed by atoms with Crippen LogP contribution in [-0.2, 0) is 0 Å². The molecular weight excluding hydrogens is 311 g/mol. The summed E-state index contributed by atoms with van der Waals surface area (Å²) in [6.07, 6.45) is 0. The monoisotopic (exact) mass is 317 g/mol. The lowest BCUT2D eigenvalue weighted by atomic mass is 10.2. The first kappa shape index (κ1) is 14.6. The third-order valence-electron chi connectivity index (χ3n) is 2.42. The van der Waals surface area contributed by atoms with Gasteiger partial charge in [-0.05, 0) is 30.3 Å². The number of hydrogen-bond donors (Lipinski definition) is 2. The number of hydrogen-bond acceptors (Lipinski definition) is 2. The van der Waals surface area contributed by atoms with Crippen LogP contribution >= 0.6 is 23.2 Å². The van der Waals surface area contributed by atoms with Crippen LogP contribution in [0, 0.1) is 11.6 Å². The van der Waals surface area contributed by atoms with Crippen LogP contribution in [0.4, 0.5) is 20.2 Å². The molecule has 2 aromatic rings. The van der Waals surface area contributed by atoms with Crippen molar-refractivity contribution in [1.29, 1.82) is 0 Å². The Balaban J connectivity index is 2.41. The van der Waals surface area contributed by atoms with Crippen LogP contribution in [0.2, 0.25) is 10.0 Å². The van der Waals surface area contributed by atoms with E-state index in [0.717, 1.165) is 12.1 Å². The summed E-state index contributed by atoms with van der Waals surface area (Å²) in [6.45, 7) is 0. The van der Waals surface area contributed by atoms with Gasteiger partial charge in [-0.25, -0.2) is 13.6 Å². The van der Waals surface area contributed by atoms with E-state index in [4.69, 9.17) is 28.3 Å². The highest BCUT2D eigenvalue weighted by atomic mass is 35.5. The highest BCUT2D eigenvalue weighted by Crippen LogP contribution is 2.28. The van der Waals surface area contributed by atoms with Gasteiger partial charge in [0.15, 0.2) is 11.6 Å². The predicted molar refractivity (Wildman–Crippen MR) is 73.1 cm³/mol. The summed E-state index contributed by atoms with van der Waals surface area (Å²) in [4.78, 5) is 10.7. The van der Waals surface area contributed by atoms with Crippen LogP contribution in [0.15, 0.2) is 30.3 Å². The summed E-state index contributed by atoms with van der Waals surface area (Å²) in [5.74, 6) is -3.47. The molecule has 0 radical (unpaired) electrons. The molecule has 0 aliphatic heterocycles. The third kappa shape index (κ3) is 3.18. The molecule has 2 aromatic carbocycles. The number of carboxylic acids is 1. The Morgan fingerprint density at radius 1 is 1.00 bits per heavy atom. The summed E-state index contributed by atoms with van der Waals surface area (Å²) in [5.41, 5.74) is -0.675. The first-order chi connectivity index (χ1) is 9.36. The van der Waals surface area contributed by atoms with E-state index < -0.39 is 28.9 Å². The van der Waals surface area contributed by atoms with E-state index in [1.54, 1.807) is 0 Å². The molecule has 7 heteroatoms. The van der Waals surface area contributed by atoms with E-state index in [9.17, 15) is 13.6 Å². The number of benzene rings is 2. The first-order valence-electron chi connectivity index (χ1n) is 5.32. The lowest BCUT2D eigenvalue weighted by Gasteiger charge is -2.10. The molecule has 0 spiro atoms. The molecule has 0 aromatic heterocycles. The second-order valence-corrected chi connectivity index (χ2v) is 4.78. The molecule has 0 unspecified atom stereocenters. The van der Waals surface area contributed by atoms with Crippen molar-refractivity contribution < 1.29 is 18.7 Å². The van der Waals surface area contributed by atoms with Crippen LogP contribution in [-0.4, -0.2) is 11.1 Å². The van der Waals surface area contributed by atoms with Crippen molar-refractivity contribution in [3.8, 4) is 0 Å². The van der Waals surface area contributed by atoms with E-state index in [1.165, 1.54) is 18.2 Å². The average Bonchev–Trinajstić information content (AvgIpc) is 2.32. The molecule has 3 nitrogen and oxygen atoms in total. The van der Waals surface area contributed by atoms with Gasteiger partial charge in [-0.3, -0.25) is 0 Å². The number of aromatic carboxylic acids is 1. The zero-order valence-corrected chi connectivity index (χ0v) is 11.3. The normalized spacial score (nSPS) is 10.4. The van der Waals surface area contributed by atoms with Gasteiger partial charge in [-0.2, -0.15) is 0 Å². The van der Waals surface area contributed by atoms with Crippen molar-refractivity contribution in [2.24, 2.45) is 0 Å². The number of carbonyl (C=O) groups is 1. The van der Waals surface area contributed by atoms with Gasteiger partial charge in [0, 0.05) is 15.7 Å². The number of anilines is 2. The summed E-state index contributed by atoms with van der Waals surface area (Å²) in [7, 11) is 0. The Bertz CT molecular complexity index is 649. The Morgan fingerprint density at radius 3 is 1.95 bits per heavy atom. The third-order valence-corrected chi connectivity index (χ3v) is 2.86. The van der Waals surface area contributed by atoms with Gasteiger partial charge in [0.2, 0.25) is 0 Å². The fourth-order valence-electron chi connectivity index (χ4n) is 1.59. The van der Waals surface area contributed by atoms with E-state index in [-0.39, 0.29) is 5.69 Å². The second kappa shape index (κ2) is 5.64. The molecule has 0 bridgehead atoms. The number of nitrogens with one attached hydrogen (secondary N) is 1. The van der Waals surface area contributed by atoms with E-state index >= 15 is 0 Å². The van der Waals surface area contributed by atoms with Crippen LogP contribution in [0.3, 0.4) is 0 Å². The maximum absolute atomic E-state index is 13.7. The molecule has 0 amide bonds. The average molecular weight is 318 g/mol. The fraction of sp³-hybridized carbons (Fsp3) is 0. The maximum atomic E-state index is 13.7. The molecule has 0 aliphatic rings. The quantitative estimate of drug-likeness (QED) is 0.861. The number of halogens is 4. The van der Waals surface area contributed by atoms with Crippen molar-refractivity contribution in [2.75, 3.05) is 5.32 Å². The van der Waals surface area contributed by atoms with Gasteiger partial charge in [-0.1, -0.05) is 23.2 Å². The summed E-state index contributed by atoms with van der Waals surface area (Å²) in [6, 6.07) is 5.77. The predicted octanol–water partition coefficient (Wildman–Crippen LogP) is 4.71. The van der Waals surface area contributed by atoms with Crippen molar-refractivity contribution in [2.45, 2.75) is 0 Å². The fourth-order valence-corrected chi connectivity index (χ4v) is 2.11. The highest BCUT2D eigenvalue weighted by Gasteiger charge is 2.15. The van der Waals surface area contributed by atoms with E-state index in [1.807, 2.05) is 0 Å². The molecule has 104 valence electrons. The lowest BCUT2D eigenvalue weighted by Crippen LogP contribution is -2.03. The topological polar surface area (TPSA) is 49.3 Å². The minimum Gasteiger partial charge on any atom is -0.478 e. The van der Waals surface area contributed by atoms with Gasteiger partial charge in [-0.15, -0.1) is 0 Å². The molecule has 0 atom stereocenters. The standard InChI is InChI=1S/C13H7Cl2F2NO2/c14-7-3-8(15)5-9(4-7)18-12-10(16)1-6(13(19)20)2-11(12)17/h1-5,18H,(H,19,20). The smallest absolute Gasteiger partial charge is 0.335 e. The Labute approximate surface area is 122 Å². The van der Waals surface area contributed by atoms with Crippen molar-refractivity contribution in [3.63, 3.8) is 0 Å². The lowest BCUT2D eigenvalue weighted by molar-refractivity contribution is 0.0696. The first-order valence-corrected chi connectivity index (χ1v) is 6.08. The zero-order valence-electron chi connectivity index (χ0n) is 9.75. The van der Waals surface area contributed by atoms with E-state index in [0.29, 0.717) is 10.0 Å². The molecule has 0 fully saturated rings. The van der Waals surface area contributed by atoms with Crippen molar-refractivity contribution in [3.05, 3.63) is 57.6 Å². The molecular formula is C13H7Cl2F2NO2. The molecule has 2 N–H and O–H groups in total. The summed E-state index contributed by atoms with van der Waals surface area (Å²) in [5, 5.41) is 11.8. The molecule has 0 saturated carbocycles. The van der Waals surface area contributed by atoms with Gasteiger partial charge < -0.3 is 10.4 Å². The second-order valence-electron chi connectivity index (χ2n) is 3.90. The van der Waals surface area contributed by atoms with Crippen LogP contribution in [0.1, 0.15) is 10.4 Å². The number of rotatable bonds is 3. The summed E-state index contributed by atoms with van der Waals surface area (Å²) < 4.78 is 27.5. The number of carboxylic acid groups (broad SMARTS) is 1. The highest BCUT2D eigenvalue weighted by molar-refractivity contribution is 6.35. The SMILES string of the molecule is O=C(O)c1cc(F)c(Nc2cc(Cl)cc(Cl)c2)c(F)c1. The van der Waals surface area contributed by atoms with Crippen molar-refractivity contribution in [1.82, 2.24) is 0 Å². The van der Waals surface area contributed by atoms with Gasteiger partial charge in [0.1, 0.15) is 5.69 Å². The van der Waals surface area contributed by atoms with Gasteiger partial charge in [0.05, 0.1) is 5.56 Å². The van der Waals surface area contributed by atoms with Crippen molar-refractivity contribution >= 4 is 40.5 Å². The van der Waals surface area contributed by atoms with Gasteiger partial charge in [0.25, 0.3) is 0 Å². The summed E-state index contributed by atoms with van der Waals surface area (Å²) >= 11 is 11.5. The molecule has 0 saturated heterocycles. The molecule has 20 heavy (non-hydrogen) atoms. The van der Waals surface area contributed by atoms with E-state index in [2.05, 4.69) is 5.32 Å². The maximum Gasteiger partial charge on any atom is 0.335 e.